The quantitative estimate of drug-likeness (QED) is 0.625. The summed E-state index contributed by atoms with van der Waals surface area (Å²) in [5, 5.41) is 1.89. The van der Waals surface area contributed by atoms with Gasteiger partial charge in [-0.3, -0.25) is 0 Å². The van der Waals surface area contributed by atoms with Gasteiger partial charge in [0, 0.05) is 11.6 Å². The van der Waals surface area contributed by atoms with Crippen molar-refractivity contribution in [2.45, 2.75) is 18.1 Å². The van der Waals surface area contributed by atoms with E-state index in [1.807, 2.05) is 13.2 Å². The van der Waals surface area contributed by atoms with E-state index in [9.17, 15) is 13.2 Å². The van der Waals surface area contributed by atoms with Crippen molar-refractivity contribution in [1.82, 2.24) is 15.0 Å². The number of thioether (sulfide) groups is 1. The van der Waals surface area contributed by atoms with Crippen LogP contribution >= 0.6 is 23.1 Å². The van der Waals surface area contributed by atoms with Crippen molar-refractivity contribution in [3.8, 4) is 10.8 Å². The van der Waals surface area contributed by atoms with Gasteiger partial charge in [0.15, 0.2) is 16.5 Å². The summed E-state index contributed by atoms with van der Waals surface area (Å²) < 4.78 is 37.3. The Morgan fingerprint density at radius 2 is 2.00 bits per heavy atom. The number of thiazole rings is 1. The first-order valence-corrected chi connectivity index (χ1v) is 6.93. The van der Waals surface area contributed by atoms with E-state index in [0.717, 1.165) is 27.3 Å². The lowest BCUT2D eigenvalue weighted by molar-refractivity contribution is -0.140. The minimum Gasteiger partial charge on any atom is -0.234 e. The van der Waals surface area contributed by atoms with Gasteiger partial charge in [-0.1, -0.05) is 0 Å². The highest BCUT2D eigenvalue weighted by Gasteiger charge is 2.34. The maximum Gasteiger partial charge on any atom is 0.434 e. The average Bonchev–Trinajstić information content (AvgIpc) is 2.78. The molecule has 3 nitrogen and oxygen atoms in total. The third kappa shape index (κ3) is 2.64. The number of hydrogen-bond donors (Lipinski definition) is 0. The first kappa shape index (κ1) is 13.3. The Labute approximate surface area is 110 Å². The van der Waals surface area contributed by atoms with Crippen LogP contribution in [0.25, 0.3) is 10.8 Å². The first-order valence-electron chi connectivity index (χ1n) is 4.82. The van der Waals surface area contributed by atoms with Crippen molar-refractivity contribution in [2.24, 2.45) is 0 Å². The molecule has 0 unspecified atom stereocenters. The molecule has 2 rings (SSSR count). The van der Waals surface area contributed by atoms with Crippen LogP contribution in [0.4, 0.5) is 13.2 Å². The summed E-state index contributed by atoms with van der Waals surface area (Å²) in [6.45, 7) is 1.85. The summed E-state index contributed by atoms with van der Waals surface area (Å²) in [6.07, 6.45) is -0.993. The molecule has 8 heteroatoms. The molecule has 0 bridgehead atoms. The van der Waals surface area contributed by atoms with Gasteiger partial charge < -0.3 is 0 Å². The Morgan fingerprint density at radius 1 is 1.28 bits per heavy atom. The van der Waals surface area contributed by atoms with E-state index >= 15 is 0 Å². The van der Waals surface area contributed by atoms with E-state index in [1.54, 1.807) is 6.20 Å². The third-order valence-electron chi connectivity index (χ3n) is 2.10. The first-order chi connectivity index (χ1) is 8.41. The molecule has 2 aromatic rings. The molecule has 0 aliphatic rings. The topological polar surface area (TPSA) is 38.7 Å². The van der Waals surface area contributed by atoms with Gasteiger partial charge in [-0.05, 0) is 18.7 Å². The minimum atomic E-state index is -4.43. The molecule has 0 radical (unpaired) electrons. The molecule has 0 fully saturated rings. The van der Waals surface area contributed by atoms with Crippen molar-refractivity contribution in [3.63, 3.8) is 0 Å². The van der Waals surface area contributed by atoms with Gasteiger partial charge >= 0.3 is 6.18 Å². The molecule has 0 spiro atoms. The third-order valence-corrected chi connectivity index (χ3v) is 3.74. The molecular formula is C10H8F3N3S2. The number of aryl methyl sites for hydroxylation is 1. The van der Waals surface area contributed by atoms with Crippen molar-refractivity contribution < 1.29 is 13.2 Å². The standard InChI is InChI=1S/C10H8F3N3S2/c1-5-3-14-7(16-8(5)17-2)9-15-6(4-18-9)10(11,12)13/h3-4H,1-2H3. The number of nitrogens with zero attached hydrogens (tertiary/aromatic N) is 3. The van der Waals surface area contributed by atoms with Gasteiger partial charge in [0.2, 0.25) is 0 Å². The van der Waals surface area contributed by atoms with Gasteiger partial charge in [-0.15, -0.1) is 23.1 Å². The summed E-state index contributed by atoms with van der Waals surface area (Å²) >= 11 is 2.31. The van der Waals surface area contributed by atoms with Crippen LogP contribution in [-0.2, 0) is 6.18 Å². The smallest absolute Gasteiger partial charge is 0.234 e. The Kier molecular flexibility index (Phi) is 3.58. The highest BCUT2D eigenvalue weighted by molar-refractivity contribution is 7.98. The lowest BCUT2D eigenvalue weighted by atomic mass is 10.4. The Morgan fingerprint density at radius 3 is 2.56 bits per heavy atom. The maximum atomic E-state index is 12.4. The summed E-state index contributed by atoms with van der Waals surface area (Å²) in [7, 11) is 0. The molecule has 2 aromatic heterocycles. The van der Waals surface area contributed by atoms with Crippen molar-refractivity contribution >= 4 is 23.1 Å². The van der Waals surface area contributed by atoms with Crippen LogP contribution in [0.1, 0.15) is 11.3 Å². The number of alkyl halides is 3. The number of halogens is 3. The predicted molar refractivity (Wildman–Crippen MR) is 64.7 cm³/mol. The van der Waals surface area contributed by atoms with E-state index in [4.69, 9.17) is 0 Å². The lowest BCUT2D eigenvalue weighted by Gasteiger charge is -2.02. The Balaban J connectivity index is 2.40. The van der Waals surface area contributed by atoms with Crippen LogP contribution in [0.15, 0.2) is 16.6 Å². The fourth-order valence-electron chi connectivity index (χ4n) is 1.24. The normalized spacial score (nSPS) is 11.8. The molecule has 0 aliphatic carbocycles. The molecule has 0 saturated carbocycles. The van der Waals surface area contributed by atoms with Crippen molar-refractivity contribution in [2.75, 3.05) is 6.26 Å². The summed E-state index contributed by atoms with van der Waals surface area (Å²) in [5.41, 5.74) is -0.0174. The van der Waals surface area contributed by atoms with Crippen LogP contribution < -0.4 is 0 Å². The number of hydrogen-bond acceptors (Lipinski definition) is 5. The number of rotatable bonds is 2. The maximum absolute atomic E-state index is 12.4. The van der Waals surface area contributed by atoms with E-state index < -0.39 is 11.9 Å². The zero-order chi connectivity index (χ0) is 13.3. The Bertz CT molecular complexity index is 566. The lowest BCUT2D eigenvalue weighted by Crippen LogP contribution is -2.05. The van der Waals surface area contributed by atoms with Crippen LogP contribution in [-0.4, -0.2) is 21.2 Å². The molecule has 0 saturated heterocycles. The number of aromatic nitrogens is 3. The Hall–Kier alpha value is -1.15. The second-order valence-corrected chi connectivity index (χ2v) is 5.07. The molecular weight excluding hydrogens is 283 g/mol. The van der Waals surface area contributed by atoms with Gasteiger partial charge in [0.05, 0.1) is 0 Å². The highest BCUT2D eigenvalue weighted by atomic mass is 32.2. The van der Waals surface area contributed by atoms with E-state index in [2.05, 4.69) is 15.0 Å². The second kappa shape index (κ2) is 4.85. The van der Waals surface area contributed by atoms with Crippen LogP contribution in [0.2, 0.25) is 0 Å². The molecule has 96 valence electrons. The predicted octanol–water partition coefficient (Wildman–Crippen LogP) is 3.65. The molecule has 0 atom stereocenters. The average molecular weight is 291 g/mol. The van der Waals surface area contributed by atoms with Gasteiger partial charge in [-0.2, -0.15) is 13.2 Å². The van der Waals surface area contributed by atoms with Gasteiger partial charge in [0.25, 0.3) is 0 Å². The minimum absolute atomic E-state index is 0.178. The summed E-state index contributed by atoms with van der Waals surface area (Å²) in [4.78, 5) is 11.7. The van der Waals surface area contributed by atoms with E-state index in [1.165, 1.54) is 11.8 Å². The van der Waals surface area contributed by atoms with Crippen LogP contribution in [0.3, 0.4) is 0 Å². The van der Waals surface area contributed by atoms with Crippen LogP contribution in [0, 0.1) is 6.92 Å². The fourth-order valence-corrected chi connectivity index (χ4v) is 2.56. The van der Waals surface area contributed by atoms with Crippen LogP contribution in [0.5, 0.6) is 0 Å². The molecule has 2 heterocycles. The largest absolute Gasteiger partial charge is 0.434 e. The summed E-state index contributed by atoms with van der Waals surface area (Å²) in [6, 6.07) is 0. The van der Waals surface area contributed by atoms with Gasteiger partial charge in [-0.25, -0.2) is 15.0 Å². The molecule has 0 aromatic carbocycles. The van der Waals surface area contributed by atoms with Crippen molar-refractivity contribution in [3.05, 3.63) is 22.8 Å². The molecule has 0 aliphatic heterocycles. The second-order valence-electron chi connectivity index (χ2n) is 3.42. The monoisotopic (exact) mass is 291 g/mol. The SMILES string of the molecule is CSc1nc(-c2nc(C(F)(F)F)cs2)ncc1C. The molecule has 0 N–H and O–H groups in total. The zero-order valence-corrected chi connectivity index (χ0v) is 11.1. The zero-order valence-electron chi connectivity index (χ0n) is 9.45. The highest BCUT2D eigenvalue weighted by Crippen LogP contribution is 2.32. The molecule has 18 heavy (non-hydrogen) atoms. The van der Waals surface area contributed by atoms with Crippen molar-refractivity contribution in [1.29, 1.82) is 0 Å². The van der Waals surface area contributed by atoms with E-state index in [0.29, 0.717) is 0 Å². The molecule has 0 amide bonds. The fraction of sp³-hybridized carbons (Fsp3) is 0.300. The summed E-state index contributed by atoms with van der Waals surface area (Å²) in [5.74, 6) is 0.227. The van der Waals surface area contributed by atoms with Gasteiger partial charge in [0.1, 0.15) is 5.03 Å². The van der Waals surface area contributed by atoms with E-state index in [-0.39, 0.29) is 10.8 Å².